The first-order valence-electron chi connectivity index (χ1n) is 17.9. The van der Waals surface area contributed by atoms with Crippen LogP contribution in [0.25, 0.3) is 0 Å². The third kappa shape index (κ3) is 7.77. The number of rotatable bonds is 10. The highest BCUT2D eigenvalue weighted by Gasteiger charge is 2.46. The van der Waals surface area contributed by atoms with Crippen molar-refractivity contribution in [3.8, 4) is 5.75 Å². The molecular formula is C38H51F3N4O5. The molecule has 2 aromatic carbocycles. The molecule has 0 bridgehead atoms. The summed E-state index contributed by atoms with van der Waals surface area (Å²) in [4.78, 5) is 32.9. The van der Waals surface area contributed by atoms with E-state index in [0.717, 1.165) is 55.2 Å². The summed E-state index contributed by atoms with van der Waals surface area (Å²) in [5, 5.41) is 0. The molecule has 0 unspecified atom stereocenters. The Hall–Kier alpha value is -3.35. The number of benzene rings is 2. The molecule has 0 radical (unpaired) electrons. The van der Waals surface area contributed by atoms with E-state index < -0.39 is 11.7 Å². The minimum atomic E-state index is -4.50. The number of ether oxygens (including phenoxy) is 3. The van der Waals surface area contributed by atoms with E-state index in [9.17, 15) is 22.8 Å². The van der Waals surface area contributed by atoms with E-state index in [4.69, 9.17) is 19.9 Å². The van der Waals surface area contributed by atoms with Gasteiger partial charge in [-0.1, -0.05) is 18.2 Å². The van der Waals surface area contributed by atoms with E-state index in [1.807, 2.05) is 21.9 Å². The third-order valence-corrected chi connectivity index (χ3v) is 11.8. The minimum absolute atomic E-state index is 0.00154. The van der Waals surface area contributed by atoms with Gasteiger partial charge in [0.1, 0.15) is 5.75 Å². The maximum absolute atomic E-state index is 14.7. The Balaban J connectivity index is 1.27. The monoisotopic (exact) mass is 700 g/mol. The lowest BCUT2D eigenvalue weighted by Crippen LogP contribution is -2.40. The fourth-order valence-corrected chi connectivity index (χ4v) is 8.95. The van der Waals surface area contributed by atoms with Crippen molar-refractivity contribution in [1.82, 2.24) is 9.80 Å². The minimum Gasteiger partial charge on any atom is -0.497 e. The molecule has 3 heterocycles. The topological polar surface area (TPSA) is 97.6 Å². The third-order valence-electron chi connectivity index (χ3n) is 11.8. The number of hydrogen-bond donors (Lipinski definition) is 1. The smallest absolute Gasteiger partial charge is 0.416 e. The molecule has 4 atom stereocenters. The summed E-state index contributed by atoms with van der Waals surface area (Å²) in [6.45, 7) is 3.54. The molecule has 2 amide bonds. The summed E-state index contributed by atoms with van der Waals surface area (Å²) in [5.74, 6) is -0.387. The second-order valence-corrected chi connectivity index (χ2v) is 14.6. The van der Waals surface area contributed by atoms with Gasteiger partial charge in [0.05, 0.1) is 31.3 Å². The Kier molecular flexibility index (Phi) is 11.3. The molecule has 2 aromatic rings. The Morgan fingerprint density at radius 1 is 0.860 bits per heavy atom. The molecular weight excluding hydrogens is 649 g/mol. The molecule has 4 aliphatic rings. The molecule has 6 rings (SSSR count). The maximum Gasteiger partial charge on any atom is 0.416 e. The van der Waals surface area contributed by atoms with Gasteiger partial charge in [-0.05, 0) is 73.9 Å². The summed E-state index contributed by atoms with van der Waals surface area (Å²) in [5.41, 5.74) is 7.24. The lowest BCUT2D eigenvalue weighted by atomic mass is 9.86. The summed E-state index contributed by atoms with van der Waals surface area (Å²) < 4.78 is 58.7. The van der Waals surface area contributed by atoms with Crippen LogP contribution in [-0.2, 0) is 25.2 Å². The summed E-state index contributed by atoms with van der Waals surface area (Å²) >= 11 is 0. The van der Waals surface area contributed by atoms with Crippen LogP contribution in [0.5, 0.6) is 5.75 Å². The summed E-state index contributed by atoms with van der Waals surface area (Å²) in [7, 11) is 5.03. The van der Waals surface area contributed by atoms with Gasteiger partial charge in [0.2, 0.25) is 11.8 Å². The van der Waals surface area contributed by atoms with Crippen LogP contribution in [0, 0.1) is 17.8 Å². The fraction of sp³-hybridized carbons (Fsp3) is 0.632. The number of alkyl halides is 3. The van der Waals surface area contributed by atoms with Crippen molar-refractivity contribution in [3.63, 3.8) is 0 Å². The number of likely N-dealkylation sites (tertiary alicyclic amines) is 2. The van der Waals surface area contributed by atoms with Crippen molar-refractivity contribution in [2.45, 2.75) is 68.7 Å². The SMILES string of the molecule is COC[C@H]1CN(C(=O)[C@@H]2CN(C3CCC(OC)CC3)C[C@H]2c2ccc(OC)cc2)C[C@@H]1c1ccc(C(F)(F)F)cc1N1CCC(C(N)=O)CC1. The number of primary amides is 1. The zero-order valence-corrected chi connectivity index (χ0v) is 29.4. The number of nitrogens with zero attached hydrogens (tertiary/aromatic N) is 3. The molecule has 2 N–H and O–H groups in total. The van der Waals surface area contributed by atoms with Gasteiger partial charge in [-0.2, -0.15) is 13.2 Å². The van der Waals surface area contributed by atoms with Crippen LogP contribution < -0.4 is 15.4 Å². The number of nitrogens with two attached hydrogens (primary N) is 1. The van der Waals surface area contributed by atoms with Gasteiger partial charge in [0.15, 0.2) is 0 Å². The van der Waals surface area contributed by atoms with E-state index in [1.165, 1.54) is 6.07 Å². The molecule has 9 nitrogen and oxygen atoms in total. The normalized spacial score (nSPS) is 28.3. The molecule has 274 valence electrons. The van der Waals surface area contributed by atoms with Crippen molar-refractivity contribution < 1.29 is 37.0 Å². The van der Waals surface area contributed by atoms with Gasteiger partial charge in [-0.15, -0.1) is 0 Å². The number of anilines is 1. The Labute approximate surface area is 293 Å². The average molecular weight is 701 g/mol. The van der Waals surface area contributed by atoms with Crippen molar-refractivity contribution in [1.29, 1.82) is 0 Å². The molecule has 1 saturated carbocycles. The average Bonchev–Trinajstić information content (AvgIpc) is 3.76. The van der Waals surface area contributed by atoms with Crippen LogP contribution in [0.15, 0.2) is 42.5 Å². The predicted molar refractivity (Wildman–Crippen MR) is 184 cm³/mol. The lowest BCUT2D eigenvalue weighted by Gasteiger charge is -2.35. The standard InChI is InChI=1S/C38H51F3N4O5/c1-48-23-26-19-45(21-33(26)31-13-6-27(38(39,40)41)18-35(31)43-16-14-25(15-17-43)36(42)46)37(47)34-22-44(28-7-11-30(50-3)12-8-28)20-32(34)24-4-9-29(49-2)10-5-24/h4-6,9-10,13,18,25-26,28,30,32-34H,7-8,11-12,14-17,19-23H2,1-3H3,(H2,42,46)/t26-,28?,30?,32+,33+,34-/m1/s1. The van der Waals surface area contributed by atoms with Gasteiger partial charge in [-0.3, -0.25) is 14.5 Å². The highest BCUT2D eigenvalue weighted by molar-refractivity contribution is 5.81. The number of amides is 2. The number of methoxy groups -OCH3 is 3. The summed E-state index contributed by atoms with van der Waals surface area (Å²) in [6.07, 6.45) is 0.827. The molecule has 12 heteroatoms. The van der Waals surface area contributed by atoms with E-state index in [0.29, 0.717) is 63.9 Å². The van der Waals surface area contributed by atoms with Gasteiger partial charge >= 0.3 is 6.18 Å². The fourth-order valence-electron chi connectivity index (χ4n) is 8.95. The first kappa shape index (κ1) is 36.4. The number of hydrogen-bond acceptors (Lipinski definition) is 7. The van der Waals surface area contributed by atoms with Crippen LogP contribution in [0.3, 0.4) is 0 Å². The van der Waals surface area contributed by atoms with Gasteiger partial charge in [0.25, 0.3) is 0 Å². The van der Waals surface area contributed by atoms with E-state index in [1.54, 1.807) is 27.4 Å². The van der Waals surface area contributed by atoms with E-state index in [-0.39, 0.29) is 47.5 Å². The number of halogens is 3. The molecule has 50 heavy (non-hydrogen) atoms. The first-order valence-corrected chi connectivity index (χ1v) is 17.9. The highest BCUT2D eigenvalue weighted by Crippen LogP contribution is 2.44. The quantitative estimate of drug-likeness (QED) is 0.361. The van der Waals surface area contributed by atoms with Crippen LogP contribution in [-0.4, -0.2) is 101 Å². The van der Waals surface area contributed by atoms with Gasteiger partial charge in [0, 0.05) is 88.9 Å². The van der Waals surface area contributed by atoms with Crippen LogP contribution in [0.1, 0.15) is 67.1 Å². The van der Waals surface area contributed by atoms with Crippen LogP contribution in [0.2, 0.25) is 0 Å². The number of carbonyl (C=O) groups excluding carboxylic acids is 2. The van der Waals surface area contributed by atoms with Crippen LogP contribution >= 0.6 is 0 Å². The number of piperidine rings is 1. The maximum atomic E-state index is 14.7. The largest absolute Gasteiger partial charge is 0.497 e. The van der Waals surface area contributed by atoms with Crippen LogP contribution in [0.4, 0.5) is 18.9 Å². The zero-order chi connectivity index (χ0) is 35.6. The lowest BCUT2D eigenvalue weighted by molar-refractivity contribution is -0.137. The first-order chi connectivity index (χ1) is 24.0. The highest BCUT2D eigenvalue weighted by atomic mass is 19.4. The number of carbonyl (C=O) groups is 2. The molecule has 3 aliphatic heterocycles. The van der Waals surface area contributed by atoms with E-state index in [2.05, 4.69) is 17.0 Å². The van der Waals surface area contributed by atoms with E-state index >= 15 is 0 Å². The van der Waals surface area contributed by atoms with Gasteiger partial charge in [-0.25, -0.2) is 0 Å². The Bertz CT molecular complexity index is 1470. The second-order valence-electron chi connectivity index (χ2n) is 14.6. The Morgan fingerprint density at radius 3 is 2.16 bits per heavy atom. The molecule has 4 fully saturated rings. The predicted octanol–water partition coefficient (Wildman–Crippen LogP) is 5.28. The zero-order valence-electron chi connectivity index (χ0n) is 29.4. The van der Waals surface area contributed by atoms with Crippen molar-refractivity contribution in [2.24, 2.45) is 23.5 Å². The Morgan fingerprint density at radius 2 is 1.56 bits per heavy atom. The molecule has 0 spiro atoms. The van der Waals surface area contributed by atoms with Crippen molar-refractivity contribution >= 4 is 17.5 Å². The molecule has 1 aliphatic carbocycles. The summed E-state index contributed by atoms with van der Waals surface area (Å²) in [6, 6.07) is 12.4. The second kappa shape index (κ2) is 15.5. The van der Waals surface area contributed by atoms with Crippen molar-refractivity contribution in [2.75, 3.05) is 72.1 Å². The van der Waals surface area contributed by atoms with Gasteiger partial charge < -0.3 is 29.7 Å². The van der Waals surface area contributed by atoms with Crippen molar-refractivity contribution in [3.05, 3.63) is 59.2 Å². The molecule has 3 saturated heterocycles. The molecule has 0 aromatic heterocycles.